The van der Waals surface area contributed by atoms with Crippen molar-refractivity contribution in [3.63, 3.8) is 0 Å². The summed E-state index contributed by atoms with van der Waals surface area (Å²) in [6.45, 7) is 2.36. The van der Waals surface area contributed by atoms with Gasteiger partial charge in [-0.05, 0) is 31.9 Å². The van der Waals surface area contributed by atoms with E-state index in [9.17, 15) is 18.0 Å². The monoisotopic (exact) mass is 468 g/mol. The maximum atomic E-state index is 12.6. The molecule has 1 aromatic rings. The van der Waals surface area contributed by atoms with Crippen molar-refractivity contribution in [3.05, 3.63) is 18.2 Å². The number of amides is 1. The van der Waals surface area contributed by atoms with E-state index < -0.39 is 22.1 Å². The van der Waals surface area contributed by atoms with Gasteiger partial charge >= 0.3 is 5.97 Å². The Labute approximate surface area is 189 Å². The van der Waals surface area contributed by atoms with Gasteiger partial charge in [-0.25, -0.2) is 13.1 Å². The Balaban J connectivity index is 1.47. The van der Waals surface area contributed by atoms with Gasteiger partial charge in [0.1, 0.15) is 0 Å². The Morgan fingerprint density at radius 2 is 1.81 bits per heavy atom. The fourth-order valence-electron chi connectivity index (χ4n) is 3.92. The Morgan fingerprint density at radius 3 is 2.53 bits per heavy atom. The van der Waals surface area contributed by atoms with Crippen LogP contribution >= 0.6 is 0 Å². The quantitative estimate of drug-likeness (QED) is 0.583. The highest BCUT2D eigenvalue weighted by Crippen LogP contribution is 2.31. The second kappa shape index (κ2) is 11.0. The van der Waals surface area contributed by atoms with Crippen molar-refractivity contribution >= 4 is 21.9 Å². The minimum absolute atomic E-state index is 0.0211. The van der Waals surface area contributed by atoms with Crippen molar-refractivity contribution in [2.24, 2.45) is 0 Å². The molecule has 32 heavy (non-hydrogen) atoms. The molecule has 1 unspecified atom stereocenters. The number of benzene rings is 1. The maximum absolute atomic E-state index is 12.6. The third-order valence-corrected chi connectivity index (χ3v) is 7.24. The average molecular weight is 469 g/mol. The predicted molar refractivity (Wildman–Crippen MR) is 117 cm³/mol. The zero-order chi connectivity index (χ0) is 23.1. The van der Waals surface area contributed by atoms with Crippen LogP contribution in [-0.4, -0.2) is 64.1 Å². The lowest BCUT2D eigenvalue weighted by molar-refractivity contribution is -0.159. The number of carbonyl (C=O) groups is 2. The Hall–Kier alpha value is -2.33. The van der Waals surface area contributed by atoms with Crippen molar-refractivity contribution in [2.75, 3.05) is 26.8 Å². The molecule has 9 nitrogen and oxygen atoms in total. The predicted octanol–water partition coefficient (Wildman–Crippen LogP) is 2.24. The molecule has 1 fully saturated rings. The third-order valence-electron chi connectivity index (χ3n) is 5.78. The summed E-state index contributed by atoms with van der Waals surface area (Å²) in [5, 5.41) is 0. The summed E-state index contributed by atoms with van der Waals surface area (Å²) in [4.78, 5) is 26.4. The molecule has 0 radical (unpaired) electrons. The molecule has 178 valence electrons. The molecular weight excluding hydrogens is 436 g/mol. The summed E-state index contributed by atoms with van der Waals surface area (Å²) in [5.41, 5.74) is 0. The Kier molecular flexibility index (Phi) is 8.36. The normalized spacial score (nSPS) is 17.8. The fraction of sp³-hybridized carbons (Fsp3) is 0.636. The molecule has 10 heteroatoms. The number of likely N-dealkylation sites (N-methyl/N-ethyl adjacent to an activating group) is 1. The zero-order valence-electron chi connectivity index (χ0n) is 18.7. The first-order valence-corrected chi connectivity index (χ1v) is 12.6. The number of carbonyl (C=O) groups excluding carboxylic acids is 2. The van der Waals surface area contributed by atoms with E-state index in [0.29, 0.717) is 31.1 Å². The van der Waals surface area contributed by atoms with Crippen LogP contribution in [-0.2, 0) is 24.3 Å². The number of hydrogen-bond acceptors (Lipinski definition) is 7. The van der Waals surface area contributed by atoms with Crippen LogP contribution < -0.4 is 14.2 Å². The highest BCUT2D eigenvalue weighted by atomic mass is 32.2. The molecule has 1 aromatic carbocycles. The van der Waals surface area contributed by atoms with Crippen LogP contribution in [0.15, 0.2) is 23.1 Å². The smallest absolute Gasteiger partial charge is 0.307 e. The van der Waals surface area contributed by atoms with Gasteiger partial charge in [0.15, 0.2) is 17.6 Å². The molecule has 1 aliphatic heterocycles. The molecule has 1 heterocycles. The van der Waals surface area contributed by atoms with Crippen LogP contribution in [0.3, 0.4) is 0 Å². The Bertz CT molecular complexity index is 913. The van der Waals surface area contributed by atoms with Crippen molar-refractivity contribution in [1.82, 2.24) is 9.62 Å². The maximum Gasteiger partial charge on any atom is 0.307 e. The summed E-state index contributed by atoms with van der Waals surface area (Å²) in [6, 6.07) is 4.57. The van der Waals surface area contributed by atoms with Crippen LogP contribution in [0.5, 0.6) is 11.5 Å². The van der Waals surface area contributed by atoms with Crippen molar-refractivity contribution in [1.29, 1.82) is 0 Å². The number of sulfonamides is 1. The lowest BCUT2D eigenvalue weighted by Gasteiger charge is -2.32. The highest BCUT2D eigenvalue weighted by molar-refractivity contribution is 7.89. The van der Waals surface area contributed by atoms with Gasteiger partial charge in [0, 0.05) is 32.1 Å². The van der Waals surface area contributed by atoms with Gasteiger partial charge in [0.25, 0.3) is 5.91 Å². The molecule has 2 aliphatic rings. The number of esters is 1. The van der Waals surface area contributed by atoms with Crippen molar-refractivity contribution < 1.29 is 32.2 Å². The van der Waals surface area contributed by atoms with E-state index in [4.69, 9.17) is 14.2 Å². The third kappa shape index (κ3) is 6.35. The number of nitrogens with zero attached hydrogens (tertiary/aromatic N) is 1. The van der Waals surface area contributed by atoms with Crippen molar-refractivity contribution in [3.8, 4) is 11.5 Å². The summed E-state index contributed by atoms with van der Waals surface area (Å²) < 4.78 is 43.8. The van der Waals surface area contributed by atoms with E-state index in [1.165, 1.54) is 18.6 Å². The van der Waals surface area contributed by atoms with E-state index in [1.807, 2.05) is 0 Å². The van der Waals surface area contributed by atoms with Gasteiger partial charge in [-0.2, -0.15) is 0 Å². The lowest BCUT2D eigenvalue weighted by Crippen LogP contribution is -2.44. The zero-order valence-corrected chi connectivity index (χ0v) is 19.5. The highest BCUT2D eigenvalue weighted by Gasteiger charge is 2.28. The van der Waals surface area contributed by atoms with Crippen LogP contribution in [0.2, 0.25) is 0 Å². The lowest BCUT2D eigenvalue weighted by atomic mass is 9.94. The first-order chi connectivity index (χ1) is 15.3. The second-order valence-electron chi connectivity index (χ2n) is 8.18. The molecule has 0 saturated heterocycles. The van der Waals surface area contributed by atoms with E-state index >= 15 is 0 Å². The largest absolute Gasteiger partial charge is 0.490 e. The molecule has 1 amide bonds. The number of rotatable bonds is 8. The van der Waals surface area contributed by atoms with Gasteiger partial charge in [0.05, 0.1) is 24.5 Å². The van der Waals surface area contributed by atoms with Gasteiger partial charge in [-0.15, -0.1) is 0 Å². The first kappa shape index (κ1) is 24.3. The molecule has 0 spiro atoms. The minimum Gasteiger partial charge on any atom is -0.490 e. The van der Waals surface area contributed by atoms with Gasteiger partial charge in [0.2, 0.25) is 10.0 Å². The summed E-state index contributed by atoms with van der Waals surface area (Å²) in [5.74, 6) is 0.00312. The number of nitrogens with one attached hydrogen (secondary N) is 1. The van der Waals surface area contributed by atoms with Crippen molar-refractivity contribution in [2.45, 2.75) is 68.9 Å². The van der Waals surface area contributed by atoms with Crippen LogP contribution in [0.25, 0.3) is 0 Å². The number of fused-ring (bicyclic) bond motifs is 1. The van der Waals surface area contributed by atoms with Crippen LogP contribution in [0, 0.1) is 0 Å². The van der Waals surface area contributed by atoms with Gasteiger partial charge < -0.3 is 19.1 Å². The van der Waals surface area contributed by atoms with Gasteiger partial charge in [-0.1, -0.05) is 19.3 Å². The second-order valence-corrected chi connectivity index (χ2v) is 9.95. The number of ether oxygens (including phenoxy) is 3. The molecule has 1 aliphatic carbocycles. The average Bonchev–Trinajstić information content (AvgIpc) is 3.03. The SMILES string of the molecule is CC(OC(=O)CCNS(=O)(=O)c1ccc2c(c1)OCCCO2)C(=O)N(C)C1CCCCC1. The summed E-state index contributed by atoms with van der Waals surface area (Å²) in [7, 11) is -2.10. The number of hydrogen-bond donors (Lipinski definition) is 1. The van der Waals surface area contributed by atoms with E-state index in [2.05, 4.69) is 4.72 Å². The van der Waals surface area contributed by atoms with E-state index in [1.54, 1.807) is 24.9 Å². The minimum atomic E-state index is -3.84. The summed E-state index contributed by atoms with van der Waals surface area (Å²) >= 11 is 0. The van der Waals surface area contributed by atoms with Gasteiger partial charge in [-0.3, -0.25) is 9.59 Å². The molecule has 3 rings (SSSR count). The van der Waals surface area contributed by atoms with Crippen LogP contribution in [0.4, 0.5) is 0 Å². The molecule has 0 bridgehead atoms. The topological polar surface area (TPSA) is 111 Å². The Morgan fingerprint density at radius 1 is 1.12 bits per heavy atom. The molecule has 1 N–H and O–H groups in total. The molecular formula is C22H32N2O7S. The molecule has 1 saturated carbocycles. The molecule has 1 atom stereocenters. The summed E-state index contributed by atoms with van der Waals surface area (Å²) in [6.07, 6.45) is 4.93. The molecule has 0 aromatic heterocycles. The van der Waals surface area contributed by atoms with E-state index in [0.717, 1.165) is 25.7 Å². The van der Waals surface area contributed by atoms with E-state index in [-0.39, 0.29) is 29.8 Å². The standard InChI is InChI=1S/C22H32N2O7S/c1-16(22(26)24(2)17-7-4-3-5-8-17)31-21(25)11-12-23-32(27,28)18-9-10-19-20(15-18)30-14-6-13-29-19/h9-10,15-17,23H,3-8,11-14H2,1-2H3. The fourth-order valence-corrected chi connectivity index (χ4v) is 4.97. The van der Waals surface area contributed by atoms with Crippen LogP contribution in [0.1, 0.15) is 51.9 Å². The first-order valence-electron chi connectivity index (χ1n) is 11.1.